The third kappa shape index (κ3) is 4.43. The number of fused-ring (bicyclic) bond motifs is 2. The molecule has 2 heterocycles. The molecule has 6 rings (SSSR count). The van der Waals surface area contributed by atoms with Gasteiger partial charge in [0.15, 0.2) is 0 Å². The summed E-state index contributed by atoms with van der Waals surface area (Å²) < 4.78 is 5.67. The van der Waals surface area contributed by atoms with Gasteiger partial charge in [0, 0.05) is 0 Å². The molecule has 3 aromatic carbocycles. The van der Waals surface area contributed by atoms with E-state index < -0.39 is 11.8 Å². The van der Waals surface area contributed by atoms with Crippen LogP contribution in [0.2, 0.25) is 0 Å². The van der Waals surface area contributed by atoms with Crippen LogP contribution in [-0.2, 0) is 24.2 Å². The molecule has 0 spiro atoms. The lowest BCUT2D eigenvalue weighted by molar-refractivity contribution is -0.136. The molecule has 6 nitrogen and oxygen atoms in total. The summed E-state index contributed by atoms with van der Waals surface area (Å²) >= 11 is 0. The van der Waals surface area contributed by atoms with Gasteiger partial charge in [0.25, 0.3) is 11.8 Å². The van der Waals surface area contributed by atoms with Crippen LogP contribution in [0.3, 0.4) is 0 Å². The van der Waals surface area contributed by atoms with Crippen LogP contribution in [0.4, 0.5) is 0 Å². The largest absolute Gasteiger partial charge is 0.467 e. The van der Waals surface area contributed by atoms with E-state index in [1.807, 2.05) is 41.3 Å². The molecule has 0 saturated heterocycles. The molecule has 0 saturated carbocycles. The molecule has 2 atom stereocenters. The molecule has 190 valence electrons. The van der Waals surface area contributed by atoms with E-state index in [1.54, 1.807) is 36.6 Å². The minimum absolute atomic E-state index is 0.161. The SMILES string of the molecule is O=C1c2ccccc2C(=O)N1CC(=O)N(Cc1ccco1)[C@@H]1c2ccccc2CC[C@@H]1Cc1ccccc1. The number of furan rings is 1. The average Bonchev–Trinajstić information content (AvgIpc) is 3.55. The maximum absolute atomic E-state index is 14.1. The lowest BCUT2D eigenvalue weighted by Gasteiger charge is -2.41. The van der Waals surface area contributed by atoms with Crippen molar-refractivity contribution in [3.8, 4) is 0 Å². The van der Waals surface area contributed by atoms with E-state index >= 15 is 0 Å². The summed E-state index contributed by atoms with van der Waals surface area (Å²) in [5.41, 5.74) is 4.23. The van der Waals surface area contributed by atoms with Crippen LogP contribution in [0, 0.1) is 5.92 Å². The van der Waals surface area contributed by atoms with Gasteiger partial charge in [-0.05, 0) is 66.1 Å². The second-order valence-corrected chi connectivity index (χ2v) is 9.98. The van der Waals surface area contributed by atoms with E-state index in [-0.39, 0.29) is 31.0 Å². The summed E-state index contributed by atoms with van der Waals surface area (Å²) in [4.78, 5) is 43.2. The van der Waals surface area contributed by atoms with E-state index in [0.717, 1.165) is 29.7 Å². The molecule has 0 unspecified atom stereocenters. The van der Waals surface area contributed by atoms with Crippen molar-refractivity contribution in [2.45, 2.75) is 31.8 Å². The zero-order valence-electron chi connectivity index (χ0n) is 21.0. The van der Waals surface area contributed by atoms with Gasteiger partial charge in [-0.3, -0.25) is 19.3 Å². The third-order valence-corrected chi connectivity index (χ3v) is 7.68. The zero-order chi connectivity index (χ0) is 26.1. The first-order valence-corrected chi connectivity index (χ1v) is 13.0. The molecule has 0 N–H and O–H groups in total. The minimum Gasteiger partial charge on any atom is -0.467 e. The first-order valence-electron chi connectivity index (χ1n) is 13.0. The molecule has 6 heteroatoms. The van der Waals surface area contributed by atoms with Crippen molar-refractivity contribution in [3.63, 3.8) is 0 Å². The number of imide groups is 1. The number of benzene rings is 3. The molecule has 4 aromatic rings. The Kier molecular flexibility index (Phi) is 6.38. The van der Waals surface area contributed by atoms with Crippen LogP contribution in [0.25, 0.3) is 0 Å². The summed E-state index contributed by atoms with van der Waals surface area (Å²) in [7, 11) is 0. The summed E-state index contributed by atoms with van der Waals surface area (Å²) in [6.07, 6.45) is 4.27. The molecular weight excluding hydrogens is 476 g/mol. The Labute approximate surface area is 221 Å². The van der Waals surface area contributed by atoms with Crippen LogP contribution >= 0.6 is 0 Å². The Hall–Kier alpha value is -4.45. The molecule has 0 bridgehead atoms. The fraction of sp³-hybridized carbons (Fsp3) is 0.219. The van der Waals surface area contributed by atoms with Gasteiger partial charge in [-0.2, -0.15) is 0 Å². The summed E-state index contributed by atoms with van der Waals surface area (Å²) in [6.45, 7) is -0.0664. The van der Waals surface area contributed by atoms with E-state index in [0.29, 0.717) is 16.9 Å². The van der Waals surface area contributed by atoms with Crippen molar-refractivity contribution in [2.75, 3.05) is 6.54 Å². The lowest BCUT2D eigenvalue weighted by atomic mass is 9.76. The first-order chi connectivity index (χ1) is 18.6. The second kappa shape index (κ2) is 10.1. The monoisotopic (exact) mass is 504 g/mol. The Morgan fingerprint density at radius 3 is 2.24 bits per heavy atom. The van der Waals surface area contributed by atoms with Crippen molar-refractivity contribution >= 4 is 17.7 Å². The average molecular weight is 505 g/mol. The van der Waals surface area contributed by atoms with Gasteiger partial charge in [-0.25, -0.2) is 0 Å². The van der Waals surface area contributed by atoms with E-state index in [9.17, 15) is 14.4 Å². The van der Waals surface area contributed by atoms with Gasteiger partial charge in [-0.1, -0.05) is 66.7 Å². The highest BCUT2D eigenvalue weighted by atomic mass is 16.3. The Morgan fingerprint density at radius 2 is 1.53 bits per heavy atom. The Balaban J connectivity index is 1.37. The van der Waals surface area contributed by atoms with Gasteiger partial charge in [0.2, 0.25) is 5.91 Å². The predicted octanol–water partition coefficient (Wildman–Crippen LogP) is 5.45. The topological polar surface area (TPSA) is 70.8 Å². The Bertz CT molecular complexity index is 1440. The molecule has 3 amide bonds. The summed E-state index contributed by atoms with van der Waals surface area (Å²) in [5.74, 6) is -0.324. The summed E-state index contributed by atoms with van der Waals surface area (Å²) in [5, 5.41) is 0. The maximum Gasteiger partial charge on any atom is 0.262 e. The normalized spacial score (nSPS) is 18.3. The molecule has 0 radical (unpaired) electrons. The fourth-order valence-electron chi connectivity index (χ4n) is 5.88. The Morgan fingerprint density at radius 1 is 0.842 bits per heavy atom. The number of nitrogens with zero attached hydrogens (tertiary/aromatic N) is 2. The lowest BCUT2D eigenvalue weighted by Crippen LogP contribution is -2.46. The molecule has 38 heavy (non-hydrogen) atoms. The van der Waals surface area contributed by atoms with Crippen molar-refractivity contribution in [1.29, 1.82) is 0 Å². The number of hydrogen-bond donors (Lipinski definition) is 0. The molecule has 2 aliphatic rings. The third-order valence-electron chi connectivity index (χ3n) is 7.68. The van der Waals surface area contributed by atoms with Crippen LogP contribution in [-0.4, -0.2) is 34.1 Å². The highest BCUT2D eigenvalue weighted by Crippen LogP contribution is 2.41. The van der Waals surface area contributed by atoms with Gasteiger partial charge in [0.1, 0.15) is 12.3 Å². The number of aryl methyl sites for hydroxylation is 1. The van der Waals surface area contributed by atoms with Crippen molar-refractivity contribution < 1.29 is 18.8 Å². The second-order valence-electron chi connectivity index (χ2n) is 9.98. The van der Waals surface area contributed by atoms with Gasteiger partial charge in [-0.15, -0.1) is 0 Å². The first kappa shape index (κ1) is 23.9. The van der Waals surface area contributed by atoms with Crippen LogP contribution in [0.15, 0.2) is 102 Å². The van der Waals surface area contributed by atoms with Crippen LogP contribution in [0.5, 0.6) is 0 Å². The van der Waals surface area contributed by atoms with Crippen molar-refractivity contribution in [1.82, 2.24) is 9.80 Å². The number of carbonyl (C=O) groups is 3. The smallest absolute Gasteiger partial charge is 0.262 e. The zero-order valence-corrected chi connectivity index (χ0v) is 21.0. The van der Waals surface area contributed by atoms with E-state index in [2.05, 4.69) is 24.3 Å². The fourth-order valence-corrected chi connectivity index (χ4v) is 5.88. The number of amides is 3. The van der Waals surface area contributed by atoms with Crippen LogP contribution < -0.4 is 0 Å². The highest BCUT2D eigenvalue weighted by molar-refractivity contribution is 6.22. The highest BCUT2D eigenvalue weighted by Gasteiger charge is 2.41. The van der Waals surface area contributed by atoms with E-state index in [4.69, 9.17) is 4.42 Å². The number of carbonyl (C=O) groups excluding carboxylic acids is 3. The number of rotatable bonds is 7. The van der Waals surface area contributed by atoms with Gasteiger partial charge < -0.3 is 9.32 Å². The molecule has 0 fully saturated rings. The van der Waals surface area contributed by atoms with Gasteiger partial charge >= 0.3 is 0 Å². The molecular formula is C32H28N2O4. The quantitative estimate of drug-likeness (QED) is 0.314. The molecule has 1 aliphatic carbocycles. The van der Waals surface area contributed by atoms with Gasteiger partial charge in [0.05, 0.1) is 30.0 Å². The summed E-state index contributed by atoms with van der Waals surface area (Å²) in [6, 6.07) is 28.7. The maximum atomic E-state index is 14.1. The predicted molar refractivity (Wildman–Crippen MR) is 142 cm³/mol. The van der Waals surface area contributed by atoms with Crippen molar-refractivity contribution in [3.05, 3.63) is 131 Å². The van der Waals surface area contributed by atoms with Crippen molar-refractivity contribution in [2.24, 2.45) is 5.92 Å². The van der Waals surface area contributed by atoms with E-state index in [1.165, 1.54) is 11.1 Å². The molecule has 1 aliphatic heterocycles. The van der Waals surface area contributed by atoms with Crippen LogP contribution in [0.1, 0.15) is 55.6 Å². The minimum atomic E-state index is -0.429. The molecule has 1 aromatic heterocycles. The standard InChI is InChI=1S/C32H28N2O4/c35-29(21-34-31(36)27-14-6-7-15-28(27)32(34)37)33(20-25-12-8-18-38-25)30-24(19-22-9-2-1-3-10-22)17-16-23-11-4-5-13-26(23)30/h1-15,18,24,30H,16-17,19-21H2/t24-,30+/m1/s1. The number of hydrogen-bond acceptors (Lipinski definition) is 4.